The molecule has 0 radical (unpaired) electrons. The van der Waals surface area contributed by atoms with E-state index in [0.29, 0.717) is 12.8 Å². The van der Waals surface area contributed by atoms with Crippen molar-refractivity contribution in [2.24, 2.45) is 0 Å². The van der Waals surface area contributed by atoms with Crippen LogP contribution in [0.1, 0.15) is 198 Å². The molecule has 0 fully saturated rings. The van der Waals surface area contributed by atoms with E-state index in [4.69, 9.17) is 4.74 Å². The number of ether oxygens (including phenoxy) is 1. The SMILES string of the molecule is CCCCCCCC/C=C\CCCCCCCC(=O)OC(=O)CCCCCCC/C=C\CCCCCCCC.[H-].[H-].[H-].[K+].[K+].[K+]. The Labute approximate surface area is 395 Å². The van der Waals surface area contributed by atoms with Gasteiger partial charge in [-0.1, -0.05) is 141 Å². The van der Waals surface area contributed by atoms with Crippen LogP contribution in [0, 0.1) is 0 Å². The van der Waals surface area contributed by atoms with E-state index in [9.17, 15) is 9.59 Å². The number of rotatable bonds is 30. The normalized spacial score (nSPS) is 10.8. The fraction of sp³-hybridized carbons (Fsp3) is 0.833. The molecular weight excluding hydrogens is 598 g/mol. The second-order valence-corrected chi connectivity index (χ2v) is 11.5. The van der Waals surface area contributed by atoms with E-state index in [1.807, 2.05) is 0 Å². The molecule has 0 aromatic rings. The smallest absolute Gasteiger partial charge is 1.00 e. The van der Waals surface area contributed by atoms with Gasteiger partial charge in [-0.3, -0.25) is 9.59 Å². The van der Waals surface area contributed by atoms with E-state index < -0.39 is 0 Å². The molecule has 0 saturated carbocycles. The van der Waals surface area contributed by atoms with Crippen LogP contribution in [0.3, 0.4) is 0 Å². The molecular formula is C36H69K3O3. The minimum atomic E-state index is -0.342. The van der Waals surface area contributed by atoms with Gasteiger partial charge in [0, 0.05) is 12.8 Å². The van der Waals surface area contributed by atoms with Gasteiger partial charge in [-0.2, -0.15) is 0 Å². The van der Waals surface area contributed by atoms with Crippen molar-refractivity contribution < 1.29 is 173 Å². The third-order valence-electron chi connectivity index (χ3n) is 7.51. The summed E-state index contributed by atoms with van der Waals surface area (Å²) in [7, 11) is 0. The summed E-state index contributed by atoms with van der Waals surface area (Å²) in [5.41, 5.74) is 0. The number of esters is 2. The molecule has 0 amide bonds. The van der Waals surface area contributed by atoms with Crippen molar-refractivity contribution in [2.45, 2.75) is 194 Å². The Morgan fingerprint density at radius 3 is 0.929 bits per heavy atom. The van der Waals surface area contributed by atoms with Crippen molar-refractivity contribution in [3.8, 4) is 0 Å². The van der Waals surface area contributed by atoms with Gasteiger partial charge in [0.15, 0.2) is 0 Å². The van der Waals surface area contributed by atoms with Crippen LogP contribution in [-0.2, 0) is 14.3 Å². The molecule has 0 unspecified atom stereocenters. The summed E-state index contributed by atoms with van der Waals surface area (Å²) in [6, 6.07) is 0. The van der Waals surface area contributed by atoms with Crippen LogP contribution in [0.15, 0.2) is 24.3 Å². The summed E-state index contributed by atoms with van der Waals surface area (Å²) in [6.07, 6.45) is 42.2. The van der Waals surface area contributed by atoms with Crippen molar-refractivity contribution in [3.05, 3.63) is 24.3 Å². The number of carbonyl (C=O) groups is 2. The molecule has 0 aromatic heterocycles. The average Bonchev–Trinajstić information content (AvgIpc) is 2.93. The maximum Gasteiger partial charge on any atom is 1.00 e. The van der Waals surface area contributed by atoms with Crippen LogP contribution in [0.5, 0.6) is 0 Å². The van der Waals surface area contributed by atoms with E-state index >= 15 is 0 Å². The third kappa shape index (κ3) is 45.7. The predicted octanol–water partition coefficient (Wildman–Crippen LogP) is 3.48. The summed E-state index contributed by atoms with van der Waals surface area (Å²) in [6.45, 7) is 4.53. The number of carbonyl (C=O) groups excluding carboxylic acids is 2. The van der Waals surface area contributed by atoms with E-state index in [-0.39, 0.29) is 170 Å². The first-order valence-corrected chi connectivity index (χ1v) is 17.2. The quantitative estimate of drug-likeness (QED) is 0.0388. The van der Waals surface area contributed by atoms with Gasteiger partial charge in [-0.05, 0) is 64.2 Å². The summed E-state index contributed by atoms with van der Waals surface area (Å²) in [4.78, 5) is 23.8. The Morgan fingerprint density at radius 1 is 0.405 bits per heavy atom. The summed E-state index contributed by atoms with van der Waals surface area (Å²) < 4.78 is 4.99. The van der Waals surface area contributed by atoms with Crippen LogP contribution in [-0.4, -0.2) is 11.9 Å². The van der Waals surface area contributed by atoms with Gasteiger partial charge in [-0.25, -0.2) is 0 Å². The van der Waals surface area contributed by atoms with Gasteiger partial charge < -0.3 is 9.02 Å². The zero-order valence-corrected chi connectivity index (χ0v) is 38.7. The van der Waals surface area contributed by atoms with Crippen molar-refractivity contribution in [3.63, 3.8) is 0 Å². The Morgan fingerprint density at radius 2 is 0.643 bits per heavy atom. The largest absolute Gasteiger partial charge is 1.00 e. The zero-order valence-electron chi connectivity index (χ0n) is 32.3. The third-order valence-corrected chi connectivity index (χ3v) is 7.51. The molecule has 0 aromatic carbocycles. The van der Waals surface area contributed by atoms with Crippen molar-refractivity contribution >= 4 is 11.9 Å². The standard InChI is InChI=1S/C36H66O3.3K.3H/c1-3-5-7-9-11-13-15-17-19-21-23-25-27-29-31-33-35(37)39-36(38)34-32-30-28-26-24-22-20-18-16-14-12-10-8-6-4-2;;;;;;/h17-20H,3-16,21-34H2,1-2H3;;;;;;/q;3*+1;3*-1/b19-17-,20-18-;;;;;;. The molecule has 0 rings (SSSR count). The molecule has 0 aliphatic carbocycles. The first kappa shape index (κ1) is 52.3. The van der Waals surface area contributed by atoms with Crippen LogP contribution < -0.4 is 154 Å². The van der Waals surface area contributed by atoms with Crippen LogP contribution in [0.2, 0.25) is 0 Å². The van der Waals surface area contributed by atoms with Gasteiger partial charge in [0.2, 0.25) is 0 Å². The average molecular weight is 667 g/mol. The first-order valence-electron chi connectivity index (χ1n) is 17.2. The van der Waals surface area contributed by atoms with Gasteiger partial charge >= 0.3 is 166 Å². The van der Waals surface area contributed by atoms with Gasteiger partial charge in [0.05, 0.1) is 0 Å². The molecule has 0 saturated heterocycles. The molecule has 0 aliphatic heterocycles. The van der Waals surface area contributed by atoms with Crippen molar-refractivity contribution in [2.75, 3.05) is 0 Å². The molecule has 0 atom stereocenters. The molecule has 3 nitrogen and oxygen atoms in total. The molecule has 234 valence electrons. The van der Waals surface area contributed by atoms with Crippen molar-refractivity contribution in [1.29, 1.82) is 0 Å². The van der Waals surface area contributed by atoms with E-state index in [1.165, 1.54) is 128 Å². The number of hydrogen-bond acceptors (Lipinski definition) is 3. The Hall–Kier alpha value is 3.53. The minimum Gasteiger partial charge on any atom is -1.00 e. The fourth-order valence-corrected chi connectivity index (χ4v) is 4.91. The molecule has 0 N–H and O–H groups in total. The summed E-state index contributed by atoms with van der Waals surface area (Å²) >= 11 is 0. The maximum absolute atomic E-state index is 11.9. The topological polar surface area (TPSA) is 43.4 Å². The van der Waals surface area contributed by atoms with E-state index in [1.54, 1.807) is 0 Å². The molecule has 6 heteroatoms. The van der Waals surface area contributed by atoms with Crippen LogP contribution in [0.4, 0.5) is 0 Å². The van der Waals surface area contributed by atoms with E-state index in [2.05, 4.69) is 38.2 Å². The minimum absolute atomic E-state index is 0. The number of unbranched alkanes of at least 4 members (excludes halogenated alkanes) is 22. The number of allylic oxidation sites excluding steroid dienone is 4. The Balaban J connectivity index is -0.000000481. The summed E-state index contributed by atoms with van der Waals surface area (Å²) in [5, 5.41) is 0. The van der Waals surface area contributed by atoms with E-state index in [0.717, 1.165) is 38.5 Å². The van der Waals surface area contributed by atoms with Gasteiger partial charge in [0.25, 0.3) is 0 Å². The summed E-state index contributed by atoms with van der Waals surface area (Å²) in [5.74, 6) is -0.684. The molecule has 0 heterocycles. The molecule has 42 heavy (non-hydrogen) atoms. The van der Waals surface area contributed by atoms with Crippen LogP contribution in [0.25, 0.3) is 0 Å². The van der Waals surface area contributed by atoms with Gasteiger partial charge in [0.1, 0.15) is 0 Å². The van der Waals surface area contributed by atoms with Crippen LogP contribution >= 0.6 is 0 Å². The molecule has 0 bridgehead atoms. The van der Waals surface area contributed by atoms with Gasteiger partial charge in [-0.15, -0.1) is 0 Å². The first-order chi connectivity index (χ1) is 19.2. The fourth-order valence-electron chi connectivity index (χ4n) is 4.91. The van der Waals surface area contributed by atoms with Crippen molar-refractivity contribution in [1.82, 2.24) is 0 Å². The molecule has 0 spiro atoms. The Bertz CT molecular complexity index is 559. The zero-order chi connectivity index (χ0) is 28.5. The second kappa shape index (κ2) is 46.6. The Kier molecular flexibility index (Phi) is 58.1. The maximum atomic E-state index is 11.9. The molecule has 0 aliphatic rings. The monoisotopic (exact) mass is 666 g/mol. The number of hydrogen-bond donors (Lipinski definition) is 0. The predicted molar refractivity (Wildman–Crippen MR) is 173 cm³/mol. The second-order valence-electron chi connectivity index (χ2n) is 11.5.